The van der Waals surface area contributed by atoms with Crippen LogP contribution in [0.25, 0.3) is 10.8 Å². The van der Waals surface area contributed by atoms with Crippen LogP contribution in [-0.2, 0) is 0 Å². The number of rotatable bonds is 4. The zero-order chi connectivity index (χ0) is 15.5. The van der Waals surface area contributed by atoms with Crippen LogP contribution >= 0.6 is 0 Å². The number of nitrogens with two attached hydrogens (primary N) is 1. The molecule has 22 heavy (non-hydrogen) atoms. The lowest BCUT2D eigenvalue weighted by Gasteiger charge is -2.16. The molecule has 0 saturated heterocycles. The first kappa shape index (κ1) is 14.4. The van der Waals surface area contributed by atoms with Crippen LogP contribution in [0.5, 0.6) is 11.5 Å². The minimum absolute atomic E-state index is 0.204. The normalized spacial score (nSPS) is 12.1. The largest absolute Gasteiger partial charge is 0.493 e. The molecule has 0 heterocycles. The van der Waals surface area contributed by atoms with Crippen molar-refractivity contribution in [3.05, 3.63) is 71.8 Å². The van der Waals surface area contributed by atoms with Gasteiger partial charge < -0.3 is 15.2 Å². The molecule has 3 nitrogen and oxygen atoms in total. The average Bonchev–Trinajstić information content (AvgIpc) is 2.60. The van der Waals surface area contributed by atoms with Crippen LogP contribution in [0.4, 0.5) is 0 Å². The van der Waals surface area contributed by atoms with Crippen molar-refractivity contribution >= 4 is 10.8 Å². The summed E-state index contributed by atoms with van der Waals surface area (Å²) in [5.74, 6) is 1.40. The van der Waals surface area contributed by atoms with Crippen molar-refractivity contribution < 1.29 is 9.47 Å². The van der Waals surface area contributed by atoms with Gasteiger partial charge in [0.25, 0.3) is 0 Å². The first-order valence-corrected chi connectivity index (χ1v) is 7.19. The Bertz CT molecular complexity index is 798. The third-order valence-corrected chi connectivity index (χ3v) is 3.90. The van der Waals surface area contributed by atoms with Gasteiger partial charge in [0, 0.05) is 0 Å². The lowest BCUT2D eigenvalue weighted by Crippen LogP contribution is -2.12. The van der Waals surface area contributed by atoms with E-state index in [4.69, 9.17) is 15.2 Å². The maximum Gasteiger partial charge on any atom is 0.161 e. The molecule has 3 aromatic rings. The molecule has 0 aromatic heterocycles. The van der Waals surface area contributed by atoms with Crippen molar-refractivity contribution in [3.8, 4) is 11.5 Å². The van der Waals surface area contributed by atoms with Gasteiger partial charge in [0.15, 0.2) is 11.5 Å². The van der Waals surface area contributed by atoms with E-state index in [0.717, 1.165) is 11.1 Å². The van der Waals surface area contributed by atoms with Gasteiger partial charge >= 0.3 is 0 Å². The van der Waals surface area contributed by atoms with Crippen molar-refractivity contribution in [2.24, 2.45) is 5.73 Å². The molecular weight excluding hydrogens is 274 g/mol. The Kier molecular flexibility index (Phi) is 3.98. The highest BCUT2D eigenvalue weighted by Gasteiger charge is 2.13. The Morgan fingerprint density at radius 3 is 2.09 bits per heavy atom. The molecule has 3 rings (SSSR count). The van der Waals surface area contributed by atoms with Gasteiger partial charge in [0.2, 0.25) is 0 Å². The first-order chi connectivity index (χ1) is 10.7. The molecule has 1 unspecified atom stereocenters. The summed E-state index contributed by atoms with van der Waals surface area (Å²) in [5.41, 5.74) is 8.49. The fraction of sp³-hybridized carbons (Fsp3) is 0.158. The molecule has 0 aliphatic carbocycles. The minimum Gasteiger partial charge on any atom is -0.493 e. The van der Waals surface area contributed by atoms with E-state index < -0.39 is 0 Å². The van der Waals surface area contributed by atoms with E-state index in [2.05, 4.69) is 30.3 Å². The molecule has 3 aromatic carbocycles. The van der Waals surface area contributed by atoms with E-state index >= 15 is 0 Å². The third kappa shape index (κ3) is 2.63. The molecule has 0 saturated carbocycles. The van der Waals surface area contributed by atoms with Crippen LogP contribution in [0.3, 0.4) is 0 Å². The van der Waals surface area contributed by atoms with Crippen molar-refractivity contribution in [2.45, 2.75) is 6.04 Å². The first-order valence-electron chi connectivity index (χ1n) is 7.19. The monoisotopic (exact) mass is 293 g/mol. The summed E-state index contributed by atoms with van der Waals surface area (Å²) >= 11 is 0. The third-order valence-electron chi connectivity index (χ3n) is 3.90. The van der Waals surface area contributed by atoms with Gasteiger partial charge in [-0.2, -0.15) is 0 Å². The van der Waals surface area contributed by atoms with E-state index in [-0.39, 0.29) is 6.04 Å². The van der Waals surface area contributed by atoms with Crippen molar-refractivity contribution in [1.29, 1.82) is 0 Å². The van der Waals surface area contributed by atoms with E-state index in [1.165, 1.54) is 10.8 Å². The molecule has 2 N–H and O–H groups in total. The molecule has 0 aliphatic rings. The topological polar surface area (TPSA) is 44.5 Å². The quantitative estimate of drug-likeness (QED) is 0.793. The summed E-state index contributed by atoms with van der Waals surface area (Å²) in [5, 5.41) is 2.40. The Morgan fingerprint density at radius 2 is 1.36 bits per heavy atom. The maximum atomic E-state index is 6.43. The van der Waals surface area contributed by atoms with Gasteiger partial charge in [-0.15, -0.1) is 0 Å². The molecule has 1 atom stereocenters. The van der Waals surface area contributed by atoms with Crippen LogP contribution in [0.1, 0.15) is 17.2 Å². The van der Waals surface area contributed by atoms with Gasteiger partial charge in [-0.05, 0) is 40.1 Å². The summed E-state index contributed by atoms with van der Waals surface area (Å²) in [4.78, 5) is 0. The van der Waals surface area contributed by atoms with Gasteiger partial charge in [-0.3, -0.25) is 0 Å². The fourth-order valence-corrected chi connectivity index (χ4v) is 2.64. The van der Waals surface area contributed by atoms with Crippen molar-refractivity contribution in [3.63, 3.8) is 0 Å². The summed E-state index contributed by atoms with van der Waals surface area (Å²) in [6.07, 6.45) is 0. The van der Waals surface area contributed by atoms with Crippen LogP contribution in [-0.4, -0.2) is 14.2 Å². The average molecular weight is 293 g/mol. The lowest BCUT2D eigenvalue weighted by molar-refractivity contribution is 0.354. The zero-order valence-electron chi connectivity index (χ0n) is 12.7. The molecular formula is C19H19NO2. The number of fused-ring (bicyclic) bond motifs is 1. The summed E-state index contributed by atoms with van der Waals surface area (Å²) < 4.78 is 10.6. The van der Waals surface area contributed by atoms with Crippen LogP contribution < -0.4 is 15.2 Å². The standard InChI is InChI=1S/C19H19NO2/c1-21-17-10-9-16(12-18(17)22-2)19(20)15-8-7-13-5-3-4-6-14(13)11-15/h3-12,19H,20H2,1-2H3. The van der Waals surface area contributed by atoms with Crippen molar-refractivity contribution in [2.75, 3.05) is 14.2 Å². The Morgan fingerprint density at radius 1 is 0.727 bits per heavy atom. The molecule has 0 spiro atoms. The maximum absolute atomic E-state index is 6.43. The van der Waals surface area contributed by atoms with Crippen LogP contribution in [0, 0.1) is 0 Å². The molecule has 112 valence electrons. The molecule has 0 aliphatic heterocycles. The number of methoxy groups -OCH3 is 2. The Labute approximate surface area is 130 Å². The fourth-order valence-electron chi connectivity index (χ4n) is 2.64. The molecule has 0 bridgehead atoms. The zero-order valence-corrected chi connectivity index (χ0v) is 12.7. The Hall–Kier alpha value is -2.52. The highest BCUT2D eigenvalue weighted by atomic mass is 16.5. The SMILES string of the molecule is COc1ccc(C(N)c2ccc3ccccc3c2)cc1OC. The highest BCUT2D eigenvalue weighted by Crippen LogP contribution is 2.32. The van der Waals surface area contributed by atoms with E-state index in [0.29, 0.717) is 11.5 Å². The van der Waals surface area contributed by atoms with E-state index in [1.807, 2.05) is 30.3 Å². The van der Waals surface area contributed by atoms with Crippen LogP contribution in [0.15, 0.2) is 60.7 Å². The van der Waals surface area contributed by atoms with Gasteiger partial charge in [0.05, 0.1) is 20.3 Å². The van der Waals surface area contributed by atoms with Gasteiger partial charge in [0.1, 0.15) is 0 Å². The molecule has 0 radical (unpaired) electrons. The number of ether oxygens (including phenoxy) is 2. The summed E-state index contributed by atoms with van der Waals surface area (Å²) in [7, 11) is 3.25. The highest BCUT2D eigenvalue weighted by molar-refractivity contribution is 5.83. The number of benzene rings is 3. The predicted octanol–water partition coefficient (Wildman–Crippen LogP) is 3.91. The predicted molar refractivity (Wildman–Crippen MR) is 89.5 cm³/mol. The second kappa shape index (κ2) is 6.08. The minimum atomic E-state index is -0.204. The smallest absolute Gasteiger partial charge is 0.161 e. The number of hydrogen-bond donors (Lipinski definition) is 1. The van der Waals surface area contributed by atoms with Gasteiger partial charge in [-0.25, -0.2) is 0 Å². The second-order valence-electron chi connectivity index (χ2n) is 5.20. The molecule has 0 fully saturated rings. The van der Waals surface area contributed by atoms with Crippen molar-refractivity contribution in [1.82, 2.24) is 0 Å². The summed E-state index contributed by atoms with van der Waals surface area (Å²) in [6, 6.07) is 20.2. The second-order valence-corrected chi connectivity index (χ2v) is 5.20. The Balaban J connectivity index is 1.99. The van der Waals surface area contributed by atoms with E-state index in [1.54, 1.807) is 14.2 Å². The molecule has 3 heteroatoms. The summed E-state index contributed by atoms with van der Waals surface area (Å²) in [6.45, 7) is 0. The van der Waals surface area contributed by atoms with E-state index in [9.17, 15) is 0 Å². The number of hydrogen-bond acceptors (Lipinski definition) is 3. The lowest BCUT2D eigenvalue weighted by atomic mass is 9.97. The van der Waals surface area contributed by atoms with Crippen LogP contribution in [0.2, 0.25) is 0 Å². The molecule has 0 amide bonds. The van der Waals surface area contributed by atoms with Gasteiger partial charge in [-0.1, -0.05) is 42.5 Å².